The number of benzene rings is 1. The van der Waals surface area contributed by atoms with E-state index in [-0.39, 0.29) is 13.2 Å². The molecule has 0 saturated heterocycles. The molecule has 0 aliphatic carbocycles. The Labute approximate surface area is 127 Å². The van der Waals surface area contributed by atoms with Crippen LogP contribution in [0.1, 0.15) is 17.3 Å². The number of halogens is 2. The van der Waals surface area contributed by atoms with Gasteiger partial charge in [-0.2, -0.15) is 8.78 Å². The Kier molecular flexibility index (Phi) is 5.98. The van der Waals surface area contributed by atoms with Crippen LogP contribution in [0.5, 0.6) is 0 Å². The van der Waals surface area contributed by atoms with Crippen LogP contribution in [-0.4, -0.2) is 51.1 Å². The molecule has 6 nitrogen and oxygen atoms in total. The number of hydrogen-bond donors (Lipinski definition) is 2. The molecule has 0 heterocycles. The lowest BCUT2D eigenvalue weighted by Crippen LogP contribution is -2.44. The first kappa shape index (κ1) is 18.5. The molecular weight excluding hydrogens is 320 g/mol. The number of ether oxygens (including phenoxy) is 1. The van der Waals surface area contributed by atoms with Crippen LogP contribution in [0.3, 0.4) is 0 Å². The maximum Gasteiger partial charge on any atom is 0.341 e. The smallest absolute Gasteiger partial charge is 0.341 e. The first-order chi connectivity index (χ1) is 10.1. The van der Waals surface area contributed by atoms with Crippen molar-refractivity contribution in [1.82, 2.24) is 5.32 Å². The van der Waals surface area contributed by atoms with Gasteiger partial charge in [-0.25, -0.2) is 8.42 Å². The van der Waals surface area contributed by atoms with Crippen LogP contribution >= 0.6 is 0 Å². The molecule has 1 amide bonds. The molecule has 0 aliphatic rings. The fourth-order valence-corrected chi connectivity index (χ4v) is 2.65. The van der Waals surface area contributed by atoms with Crippen molar-refractivity contribution in [2.75, 3.05) is 20.3 Å². The Balaban J connectivity index is 3.01. The van der Waals surface area contributed by atoms with E-state index in [0.29, 0.717) is 0 Å². The molecule has 0 bridgehead atoms. The largest absolute Gasteiger partial charge is 0.386 e. The summed E-state index contributed by atoms with van der Waals surface area (Å²) >= 11 is 0. The van der Waals surface area contributed by atoms with Gasteiger partial charge in [0.15, 0.2) is 0 Å². The van der Waals surface area contributed by atoms with Gasteiger partial charge in [-0.1, -0.05) is 12.1 Å². The number of methoxy groups -OCH3 is 1. The normalized spacial score (nSPS) is 14.6. The predicted molar refractivity (Wildman–Crippen MR) is 74.5 cm³/mol. The van der Waals surface area contributed by atoms with Crippen LogP contribution in [0.25, 0.3) is 0 Å². The second-order valence-corrected chi connectivity index (χ2v) is 6.80. The topological polar surface area (TPSA) is 92.7 Å². The molecule has 1 aromatic rings. The molecule has 9 heteroatoms. The molecule has 22 heavy (non-hydrogen) atoms. The Morgan fingerprint density at radius 3 is 2.55 bits per heavy atom. The van der Waals surface area contributed by atoms with Gasteiger partial charge in [0, 0.05) is 13.7 Å². The van der Waals surface area contributed by atoms with Crippen molar-refractivity contribution in [2.45, 2.75) is 23.2 Å². The minimum Gasteiger partial charge on any atom is -0.386 e. The van der Waals surface area contributed by atoms with Gasteiger partial charge in [-0.15, -0.1) is 0 Å². The second kappa shape index (κ2) is 7.12. The molecule has 1 aromatic carbocycles. The van der Waals surface area contributed by atoms with Gasteiger partial charge in [-0.3, -0.25) is 4.79 Å². The minimum absolute atomic E-state index is 0.0652. The highest BCUT2D eigenvalue weighted by Gasteiger charge is 2.31. The Morgan fingerprint density at radius 2 is 2.00 bits per heavy atom. The molecule has 0 aromatic heterocycles. The molecule has 1 unspecified atom stereocenters. The van der Waals surface area contributed by atoms with Gasteiger partial charge in [-0.05, 0) is 19.1 Å². The monoisotopic (exact) mass is 337 g/mol. The standard InChI is InChI=1S/C13H17F2NO5S/c1-13(18,8-21-2)7-16-11(17)9-5-3-4-6-10(9)22(19,20)12(14)15/h3-6,12,18H,7-8H2,1-2H3,(H,16,17). The zero-order chi connectivity index (χ0) is 17.0. The lowest BCUT2D eigenvalue weighted by atomic mass is 10.1. The Bertz CT molecular complexity index is 631. The number of alkyl halides is 2. The molecule has 0 aliphatic heterocycles. The SMILES string of the molecule is COCC(C)(O)CNC(=O)c1ccccc1S(=O)(=O)C(F)F. The summed E-state index contributed by atoms with van der Waals surface area (Å²) in [6.07, 6.45) is 0. The third-order valence-corrected chi connectivity index (χ3v) is 4.20. The van der Waals surface area contributed by atoms with Gasteiger partial charge in [0.2, 0.25) is 9.84 Å². The van der Waals surface area contributed by atoms with E-state index in [1.807, 2.05) is 0 Å². The maximum atomic E-state index is 12.6. The van der Waals surface area contributed by atoms with Crippen molar-refractivity contribution >= 4 is 15.7 Å². The first-order valence-electron chi connectivity index (χ1n) is 6.22. The number of sulfone groups is 1. The van der Waals surface area contributed by atoms with Gasteiger partial charge < -0.3 is 15.2 Å². The summed E-state index contributed by atoms with van der Waals surface area (Å²) in [7, 11) is -3.54. The van der Waals surface area contributed by atoms with Crippen molar-refractivity contribution in [3.63, 3.8) is 0 Å². The second-order valence-electron chi connectivity index (χ2n) is 4.91. The number of carbonyl (C=O) groups excluding carboxylic acids is 1. The summed E-state index contributed by atoms with van der Waals surface area (Å²) in [4.78, 5) is 11.3. The zero-order valence-electron chi connectivity index (χ0n) is 12.0. The van der Waals surface area contributed by atoms with E-state index < -0.39 is 37.6 Å². The number of hydrogen-bond acceptors (Lipinski definition) is 5. The fourth-order valence-electron chi connectivity index (χ4n) is 1.73. The Hall–Kier alpha value is -1.58. The highest BCUT2D eigenvalue weighted by molar-refractivity contribution is 7.91. The van der Waals surface area contributed by atoms with Crippen LogP contribution < -0.4 is 5.32 Å². The number of carbonyl (C=O) groups is 1. The van der Waals surface area contributed by atoms with Crippen molar-refractivity contribution in [1.29, 1.82) is 0 Å². The molecule has 124 valence electrons. The first-order valence-corrected chi connectivity index (χ1v) is 7.77. The van der Waals surface area contributed by atoms with Crippen LogP contribution in [0.2, 0.25) is 0 Å². The third-order valence-electron chi connectivity index (χ3n) is 2.76. The van der Waals surface area contributed by atoms with Gasteiger partial charge >= 0.3 is 5.76 Å². The van der Waals surface area contributed by atoms with Crippen molar-refractivity contribution < 1.29 is 31.8 Å². The lowest BCUT2D eigenvalue weighted by molar-refractivity contribution is -0.0147. The van der Waals surface area contributed by atoms with Crippen molar-refractivity contribution in [3.05, 3.63) is 29.8 Å². The summed E-state index contributed by atoms with van der Waals surface area (Å²) in [6.45, 7) is 1.10. The van der Waals surface area contributed by atoms with Crippen molar-refractivity contribution in [2.24, 2.45) is 0 Å². The molecule has 2 N–H and O–H groups in total. The predicted octanol–water partition coefficient (Wildman–Crippen LogP) is 0.810. The highest BCUT2D eigenvalue weighted by Crippen LogP contribution is 2.22. The van der Waals surface area contributed by atoms with E-state index in [2.05, 4.69) is 5.32 Å². The average Bonchev–Trinajstić information content (AvgIpc) is 2.44. The summed E-state index contributed by atoms with van der Waals surface area (Å²) in [6, 6.07) is 4.65. The van der Waals surface area contributed by atoms with E-state index in [9.17, 15) is 27.1 Å². The number of aliphatic hydroxyl groups is 1. The lowest BCUT2D eigenvalue weighted by Gasteiger charge is -2.22. The summed E-state index contributed by atoms with van der Waals surface area (Å²) in [5.74, 6) is -4.51. The number of rotatable bonds is 7. The van der Waals surface area contributed by atoms with Gasteiger partial charge in [0.05, 0.1) is 17.1 Å². The van der Waals surface area contributed by atoms with Crippen LogP contribution in [0, 0.1) is 0 Å². The minimum atomic E-state index is -4.90. The molecule has 0 fully saturated rings. The highest BCUT2D eigenvalue weighted by atomic mass is 32.2. The van der Waals surface area contributed by atoms with Crippen molar-refractivity contribution in [3.8, 4) is 0 Å². The Morgan fingerprint density at radius 1 is 1.41 bits per heavy atom. The molecule has 1 rings (SSSR count). The maximum absolute atomic E-state index is 12.6. The summed E-state index contributed by atoms with van der Waals surface area (Å²) in [5.41, 5.74) is -1.78. The number of amides is 1. The van der Waals surface area contributed by atoms with Crippen LogP contribution in [0.4, 0.5) is 8.78 Å². The van der Waals surface area contributed by atoms with E-state index in [1.54, 1.807) is 0 Å². The van der Waals surface area contributed by atoms with E-state index in [4.69, 9.17) is 4.74 Å². The third kappa shape index (κ3) is 4.46. The van der Waals surface area contributed by atoms with E-state index in [0.717, 1.165) is 12.1 Å². The van der Waals surface area contributed by atoms with E-state index >= 15 is 0 Å². The summed E-state index contributed by atoms with van der Waals surface area (Å²) < 4.78 is 53.2. The van der Waals surface area contributed by atoms with Gasteiger partial charge in [0.1, 0.15) is 5.60 Å². The fraction of sp³-hybridized carbons (Fsp3) is 0.462. The molecular formula is C13H17F2NO5S. The average molecular weight is 337 g/mol. The van der Waals surface area contributed by atoms with Crippen LogP contribution in [0.15, 0.2) is 29.2 Å². The van der Waals surface area contributed by atoms with E-state index in [1.165, 1.54) is 26.2 Å². The molecule has 1 atom stereocenters. The molecule has 0 spiro atoms. The molecule has 0 saturated carbocycles. The van der Waals surface area contributed by atoms with Gasteiger partial charge in [0.25, 0.3) is 5.91 Å². The zero-order valence-corrected chi connectivity index (χ0v) is 12.9. The molecule has 0 radical (unpaired) electrons. The summed E-state index contributed by atoms with van der Waals surface area (Å²) in [5, 5.41) is 12.1. The van der Waals surface area contributed by atoms with Crippen LogP contribution in [-0.2, 0) is 14.6 Å². The quantitative estimate of drug-likeness (QED) is 0.768. The number of nitrogens with one attached hydrogen (secondary N) is 1.